The fourth-order valence-electron chi connectivity index (χ4n) is 1.92. The average molecular weight is 330 g/mol. The number of ether oxygens (including phenoxy) is 1. The number of nitrogens with one attached hydrogen (secondary N) is 1. The molecule has 1 N–H and O–H groups in total. The number of morpholine rings is 1. The summed E-state index contributed by atoms with van der Waals surface area (Å²) in [5.41, 5.74) is 3.20. The Labute approximate surface area is 133 Å². The second-order valence-corrected chi connectivity index (χ2v) is 5.51. The lowest BCUT2D eigenvalue weighted by Gasteiger charge is -2.25. The Hall–Kier alpha value is -1.14. The number of hydrogen-bond acceptors (Lipinski definition) is 4. The van der Waals surface area contributed by atoms with Crippen molar-refractivity contribution < 1.29 is 9.53 Å². The van der Waals surface area contributed by atoms with Crippen LogP contribution in [0.3, 0.4) is 0 Å². The number of nitrogens with zero attached hydrogens (tertiary/aromatic N) is 2. The van der Waals surface area contributed by atoms with Gasteiger partial charge >= 0.3 is 0 Å². The van der Waals surface area contributed by atoms with Crippen LogP contribution < -0.4 is 5.43 Å². The second-order valence-electron chi connectivity index (χ2n) is 4.66. The molecule has 1 fully saturated rings. The molecule has 1 saturated heterocycles. The minimum absolute atomic E-state index is 0.122. The third-order valence-electron chi connectivity index (χ3n) is 3.11. The number of carbonyl (C=O) groups is 1. The largest absolute Gasteiger partial charge is 0.379 e. The fourth-order valence-corrected chi connectivity index (χ4v) is 2.38. The molecule has 0 radical (unpaired) electrons. The van der Waals surface area contributed by atoms with Gasteiger partial charge in [0.15, 0.2) is 0 Å². The lowest BCUT2D eigenvalue weighted by molar-refractivity contribution is -0.121. The van der Waals surface area contributed by atoms with Crippen LogP contribution in [0.15, 0.2) is 23.3 Å². The molecule has 0 spiro atoms. The summed E-state index contributed by atoms with van der Waals surface area (Å²) in [7, 11) is 0. The minimum Gasteiger partial charge on any atom is -0.379 e. The van der Waals surface area contributed by atoms with Crippen LogP contribution in [0.5, 0.6) is 0 Å². The Morgan fingerprint density at radius 3 is 2.86 bits per heavy atom. The van der Waals surface area contributed by atoms with E-state index in [-0.39, 0.29) is 5.91 Å². The van der Waals surface area contributed by atoms with Crippen LogP contribution in [-0.4, -0.2) is 49.9 Å². The molecule has 0 bridgehead atoms. The van der Waals surface area contributed by atoms with E-state index in [1.807, 2.05) is 0 Å². The number of hydrazone groups is 1. The van der Waals surface area contributed by atoms with E-state index in [2.05, 4.69) is 15.4 Å². The minimum atomic E-state index is -0.122. The van der Waals surface area contributed by atoms with E-state index in [1.165, 1.54) is 6.21 Å². The van der Waals surface area contributed by atoms with E-state index < -0.39 is 0 Å². The van der Waals surface area contributed by atoms with Gasteiger partial charge in [-0.25, -0.2) is 5.43 Å². The Morgan fingerprint density at radius 2 is 2.14 bits per heavy atom. The third-order valence-corrected chi connectivity index (χ3v) is 3.68. The van der Waals surface area contributed by atoms with Gasteiger partial charge in [0.1, 0.15) is 0 Å². The highest BCUT2D eigenvalue weighted by Gasteiger charge is 2.11. The highest BCUT2D eigenvalue weighted by atomic mass is 35.5. The highest BCUT2D eigenvalue weighted by Crippen LogP contribution is 2.19. The van der Waals surface area contributed by atoms with Crippen LogP contribution in [0.1, 0.15) is 12.0 Å². The van der Waals surface area contributed by atoms with Gasteiger partial charge in [0.2, 0.25) is 5.91 Å². The first kappa shape index (κ1) is 16.2. The number of carbonyl (C=O) groups excluding carboxylic acids is 1. The van der Waals surface area contributed by atoms with Gasteiger partial charge in [-0.15, -0.1) is 0 Å². The fraction of sp³-hybridized carbons (Fsp3) is 0.429. The quantitative estimate of drug-likeness (QED) is 0.665. The van der Waals surface area contributed by atoms with Crippen molar-refractivity contribution in [2.75, 3.05) is 32.8 Å². The predicted molar refractivity (Wildman–Crippen MR) is 84.1 cm³/mol. The predicted octanol–water partition coefficient (Wildman–Crippen LogP) is 2.17. The second kappa shape index (κ2) is 8.34. The zero-order valence-electron chi connectivity index (χ0n) is 11.5. The Morgan fingerprint density at radius 1 is 1.38 bits per heavy atom. The molecule has 1 aliphatic heterocycles. The number of benzene rings is 1. The van der Waals surface area contributed by atoms with E-state index in [4.69, 9.17) is 27.9 Å². The molecular formula is C14H17Cl2N3O2. The van der Waals surface area contributed by atoms with Crippen LogP contribution in [0.4, 0.5) is 0 Å². The first-order valence-corrected chi connectivity index (χ1v) is 7.48. The Bertz CT molecular complexity index is 517. The summed E-state index contributed by atoms with van der Waals surface area (Å²) in [5, 5.41) is 4.96. The van der Waals surface area contributed by atoms with Gasteiger partial charge in [-0.2, -0.15) is 5.10 Å². The zero-order chi connectivity index (χ0) is 15.1. The average Bonchev–Trinajstić information content (AvgIpc) is 2.48. The number of amides is 1. The normalized spacial score (nSPS) is 16.3. The molecule has 0 unspecified atom stereocenters. The van der Waals surface area contributed by atoms with Gasteiger partial charge in [0.05, 0.1) is 24.5 Å². The molecule has 2 rings (SSSR count). The molecule has 1 aliphatic rings. The lowest BCUT2D eigenvalue weighted by atomic mass is 10.2. The summed E-state index contributed by atoms with van der Waals surface area (Å²) < 4.78 is 5.25. The van der Waals surface area contributed by atoms with Gasteiger partial charge in [-0.05, 0) is 12.1 Å². The van der Waals surface area contributed by atoms with Crippen molar-refractivity contribution in [1.82, 2.24) is 10.3 Å². The molecule has 21 heavy (non-hydrogen) atoms. The SMILES string of the molecule is O=C(CCN1CCOCC1)N/N=C/c1ccc(Cl)cc1Cl. The summed E-state index contributed by atoms with van der Waals surface area (Å²) in [4.78, 5) is 13.9. The lowest BCUT2D eigenvalue weighted by Crippen LogP contribution is -2.38. The molecule has 1 amide bonds. The molecule has 1 aromatic rings. The van der Waals surface area contributed by atoms with Crippen LogP contribution in [-0.2, 0) is 9.53 Å². The zero-order valence-corrected chi connectivity index (χ0v) is 13.0. The Kier molecular flexibility index (Phi) is 6.45. The topological polar surface area (TPSA) is 53.9 Å². The van der Waals surface area contributed by atoms with E-state index in [0.29, 0.717) is 28.6 Å². The molecular weight excluding hydrogens is 313 g/mol. The van der Waals surface area contributed by atoms with Gasteiger partial charge in [-0.3, -0.25) is 9.69 Å². The number of halogens is 2. The summed E-state index contributed by atoms with van der Waals surface area (Å²) in [6.45, 7) is 3.92. The van der Waals surface area contributed by atoms with Crippen LogP contribution >= 0.6 is 23.2 Å². The molecule has 0 atom stereocenters. The van der Waals surface area contributed by atoms with Crippen molar-refractivity contribution >= 4 is 35.3 Å². The van der Waals surface area contributed by atoms with E-state index >= 15 is 0 Å². The van der Waals surface area contributed by atoms with Crippen LogP contribution in [0.25, 0.3) is 0 Å². The van der Waals surface area contributed by atoms with E-state index in [9.17, 15) is 4.79 Å². The molecule has 114 valence electrons. The molecule has 0 aliphatic carbocycles. The smallest absolute Gasteiger partial charge is 0.241 e. The standard InChI is InChI=1S/C14H17Cl2N3O2/c15-12-2-1-11(13(16)9-12)10-17-18-14(20)3-4-19-5-7-21-8-6-19/h1-2,9-10H,3-8H2,(H,18,20)/b17-10+. The molecule has 0 aromatic heterocycles. The summed E-state index contributed by atoms with van der Waals surface area (Å²) >= 11 is 11.8. The van der Waals surface area contributed by atoms with Crippen LogP contribution in [0.2, 0.25) is 10.0 Å². The first-order chi connectivity index (χ1) is 10.1. The van der Waals surface area contributed by atoms with Crippen molar-refractivity contribution in [2.24, 2.45) is 5.10 Å². The van der Waals surface area contributed by atoms with Gasteiger partial charge in [0.25, 0.3) is 0 Å². The number of rotatable bonds is 5. The van der Waals surface area contributed by atoms with Crippen molar-refractivity contribution in [2.45, 2.75) is 6.42 Å². The Balaban J connectivity index is 1.73. The molecule has 0 saturated carbocycles. The van der Waals surface area contributed by atoms with E-state index in [0.717, 1.165) is 26.3 Å². The van der Waals surface area contributed by atoms with Gasteiger partial charge in [0, 0.05) is 36.6 Å². The van der Waals surface area contributed by atoms with Gasteiger partial charge in [-0.1, -0.05) is 29.3 Å². The monoisotopic (exact) mass is 329 g/mol. The van der Waals surface area contributed by atoms with Crippen molar-refractivity contribution in [3.8, 4) is 0 Å². The van der Waals surface area contributed by atoms with Crippen molar-refractivity contribution in [3.63, 3.8) is 0 Å². The summed E-state index contributed by atoms with van der Waals surface area (Å²) in [6, 6.07) is 5.09. The summed E-state index contributed by atoms with van der Waals surface area (Å²) in [5.74, 6) is -0.122. The maximum Gasteiger partial charge on any atom is 0.241 e. The van der Waals surface area contributed by atoms with Gasteiger partial charge < -0.3 is 4.74 Å². The highest BCUT2D eigenvalue weighted by molar-refractivity contribution is 6.36. The van der Waals surface area contributed by atoms with E-state index in [1.54, 1.807) is 18.2 Å². The number of hydrogen-bond donors (Lipinski definition) is 1. The van der Waals surface area contributed by atoms with Crippen molar-refractivity contribution in [1.29, 1.82) is 0 Å². The van der Waals surface area contributed by atoms with Crippen molar-refractivity contribution in [3.05, 3.63) is 33.8 Å². The molecule has 1 heterocycles. The maximum atomic E-state index is 11.7. The molecule has 7 heteroatoms. The maximum absolute atomic E-state index is 11.7. The van der Waals surface area contributed by atoms with Crippen LogP contribution in [0, 0.1) is 0 Å². The summed E-state index contributed by atoms with van der Waals surface area (Å²) in [6.07, 6.45) is 1.91. The molecule has 5 nitrogen and oxygen atoms in total. The third kappa shape index (κ3) is 5.63. The first-order valence-electron chi connectivity index (χ1n) is 6.72. The molecule has 1 aromatic carbocycles.